The molecule has 1 nitrogen and oxygen atoms in total. The monoisotopic (exact) mass is 305 g/mol. The van der Waals surface area contributed by atoms with Crippen molar-refractivity contribution in [3.8, 4) is 0 Å². The van der Waals surface area contributed by atoms with Gasteiger partial charge < -0.3 is 5.73 Å². The van der Waals surface area contributed by atoms with E-state index in [4.69, 9.17) is 5.73 Å². The molecule has 0 saturated carbocycles. The lowest BCUT2D eigenvalue weighted by Crippen LogP contribution is -2.17. The van der Waals surface area contributed by atoms with Crippen LogP contribution in [0.5, 0.6) is 0 Å². The lowest BCUT2D eigenvalue weighted by Gasteiger charge is -2.13. The maximum atomic E-state index is 13.7. The molecule has 0 fully saturated rings. The SMILES string of the molecule is CCCCCCCCC(F)C(F)CCCCCCCCN. The maximum Gasteiger partial charge on any atom is 0.131 e. The summed E-state index contributed by atoms with van der Waals surface area (Å²) in [5, 5.41) is 0. The predicted molar refractivity (Wildman–Crippen MR) is 89.2 cm³/mol. The molecule has 3 heteroatoms. The van der Waals surface area contributed by atoms with Gasteiger partial charge in [-0.3, -0.25) is 0 Å². The summed E-state index contributed by atoms with van der Waals surface area (Å²) in [5.74, 6) is 0. The Morgan fingerprint density at radius 3 is 1.43 bits per heavy atom. The fraction of sp³-hybridized carbons (Fsp3) is 1.00. The summed E-state index contributed by atoms with van der Waals surface area (Å²) >= 11 is 0. The molecular weight excluding hydrogens is 268 g/mol. The number of hydrogen-bond donors (Lipinski definition) is 1. The molecule has 2 N–H and O–H groups in total. The predicted octanol–water partition coefficient (Wildman–Crippen LogP) is 6.10. The molecule has 2 atom stereocenters. The van der Waals surface area contributed by atoms with Crippen molar-refractivity contribution in [2.24, 2.45) is 5.73 Å². The standard InChI is InChI=1S/C18H37F2N/c1-2-3-4-5-8-11-14-17(19)18(20)15-12-9-6-7-10-13-16-21/h17-18H,2-16,21H2,1H3. The Balaban J connectivity index is 3.34. The second kappa shape index (κ2) is 16.2. The molecule has 0 amide bonds. The van der Waals surface area contributed by atoms with Crippen LogP contribution in [-0.4, -0.2) is 18.9 Å². The molecule has 128 valence electrons. The first-order valence-electron chi connectivity index (χ1n) is 9.20. The van der Waals surface area contributed by atoms with Crippen molar-refractivity contribution in [2.75, 3.05) is 6.54 Å². The Kier molecular flexibility index (Phi) is 16.1. The highest BCUT2D eigenvalue weighted by molar-refractivity contribution is 4.68. The molecule has 0 aromatic heterocycles. The highest BCUT2D eigenvalue weighted by atomic mass is 19.2. The molecule has 0 aliphatic rings. The molecule has 2 unspecified atom stereocenters. The van der Waals surface area contributed by atoms with Crippen molar-refractivity contribution in [3.63, 3.8) is 0 Å². The summed E-state index contributed by atoms with van der Waals surface area (Å²) in [6.45, 7) is 2.94. The van der Waals surface area contributed by atoms with Crippen LogP contribution in [0.3, 0.4) is 0 Å². The van der Waals surface area contributed by atoms with Crippen LogP contribution in [0, 0.1) is 0 Å². The third kappa shape index (κ3) is 14.5. The largest absolute Gasteiger partial charge is 0.330 e. The molecule has 0 saturated heterocycles. The third-order valence-electron chi connectivity index (χ3n) is 4.16. The van der Waals surface area contributed by atoms with Gasteiger partial charge in [0.1, 0.15) is 12.3 Å². The van der Waals surface area contributed by atoms with E-state index >= 15 is 0 Å². The van der Waals surface area contributed by atoms with E-state index in [1.165, 1.54) is 38.5 Å². The number of alkyl halides is 2. The van der Waals surface area contributed by atoms with Crippen molar-refractivity contribution < 1.29 is 8.78 Å². The minimum absolute atomic E-state index is 0.397. The Morgan fingerprint density at radius 2 is 1.00 bits per heavy atom. The van der Waals surface area contributed by atoms with Gasteiger partial charge in [0.15, 0.2) is 0 Å². The summed E-state index contributed by atoms with van der Waals surface area (Å²) in [6, 6.07) is 0. The highest BCUT2D eigenvalue weighted by Gasteiger charge is 2.19. The molecule has 0 bridgehead atoms. The minimum Gasteiger partial charge on any atom is -0.330 e. The molecule has 0 aliphatic heterocycles. The zero-order valence-corrected chi connectivity index (χ0v) is 14.1. The lowest BCUT2D eigenvalue weighted by molar-refractivity contribution is 0.143. The number of nitrogens with two attached hydrogens (primary N) is 1. The van der Waals surface area contributed by atoms with Gasteiger partial charge >= 0.3 is 0 Å². The smallest absolute Gasteiger partial charge is 0.131 e. The average molecular weight is 305 g/mol. The van der Waals surface area contributed by atoms with Crippen LogP contribution >= 0.6 is 0 Å². The lowest BCUT2D eigenvalue weighted by atomic mass is 10.0. The van der Waals surface area contributed by atoms with Gasteiger partial charge in [0.05, 0.1) is 0 Å². The van der Waals surface area contributed by atoms with Crippen molar-refractivity contribution >= 4 is 0 Å². The van der Waals surface area contributed by atoms with Gasteiger partial charge in [0, 0.05) is 0 Å². The summed E-state index contributed by atoms with van der Waals surface area (Å²) in [7, 11) is 0. The van der Waals surface area contributed by atoms with E-state index in [1.807, 2.05) is 0 Å². The van der Waals surface area contributed by atoms with Crippen LogP contribution in [-0.2, 0) is 0 Å². The topological polar surface area (TPSA) is 26.0 Å². The van der Waals surface area contributed by atoms with E-state index in [9.17, 15) is 8.78 Å². The second-order valence-electron chi connectivity index (χ2n) is 6.29. The van der Waals surface area contributed by atoms with E-state index in [0.29, 0.717) is 12.8 Å². The van der Waals surface area contributed by atoms with E-state index in [-0.39, 0.29) is 0 Å². The molecule has 0 heterocycles. The molecule has 21 heavy (non-hydrogen) atoms. The molecule has 0 aromatic rings. The van der Waals surface area contributed by atoms with Gasteiger partial charge in [0.2, 0.25) is 0 Å². The van der Waals surface area contributed by atoms with Crippen molar-refractivity contribution in [2.45, 2.75) is 109 Å². The fourth-order valence-corrected chi connectivity index (χ4v) is 2.67. The Bertz CT molecular complexity index is 200. The van der Waals surface area contributed by atoms with Crippen LogP contribution in [0.2, 0.25) is 0 Å². The van der Waals surface area contributed by atoms with Gasteiger partial charge in [-0.05, 0) is 25.8 Å². The van der Waals surface area contributed by atoms with E-state index < -0.39 is 12.3 Å². The van der Waals surface area contributed by atoms with Crippen molar-refractivity contribution in [3.05, 3.63) is 0 Å². The second-order valence-corrected chi connectivity index (χ2v) is 6.29. The van der Waals surface area contributed by atoms with Gasteiger partial charge in [-0.25, -0.2) is 8.78 Å². The summed E-state index contributed by atoms with van der Waals surface area (Å²) in [4.78, 5) is 0. The van der Waals surface area contributed by atoms with Gasteiger partial charge in [0.25, 0.3) is 0 Å². The number of unbranched alkanes of at least 4 members (excludes halogenated alkanes) is 10. The van der Waals surface area contributed by atoms with Crippen LogP contribution in [0.15, 0.2) is 0 Å². The van der Waals surface area contributed by atoms with Crippen LogP contribution < -0.4 is 5.73 Å². The highest BCUT2D eigenvalue weighted by Crippen LogP contribution is 2.19. The first-order chi connectivity index (χ1) is 10.2. The van der Waals surface area contributed by atoms with Gasteiger partial charge in [-0.2, -0.15) is 0 Å². The van der Waals surface area contributed by atoms with Crippen molar-refractivity contribution in [1.29, 1.82) is 0 Å². The summed E-state index contributed by atoms with van der Waals surface area (Å²) < 4.78 is 27.3. The minimum atomic E-state index is -1.25. The average Bonchev–Trinajstić information content (AvgIpc) is 2.49. The number of halogens is 2. The molecule has 0 rings (SSSR count). The third-order valence-corrected chi connectivity index (χ3v) is 4.16. The molecule has 0 aromatic carbocycles. The Hall–Kier alpha value is -0.180. The first kappa shape index (κ1) is 20.8. The molecule has 0 aliphatic carbocycles. The van der Waals surface area contributed by atoms with Gasteiger partial charge in [-0.1, -0.05) is 77.6 Å². The summed E-state index contributed by atoms with van der Waals surface area (Å²) in [6.07, 6.45) is 11.5. The normalized spacial score (nSPS) is 14.3. The molecule has 0 spiro atoms. The molecular formula is C18H37F2N. The fourth-order valence-electron chi connectivity index (χ4n) is 2.67. The number of hydrogen-bond acceptors (Lipinski definition) is 1. The van der Waals surface area contributed by atoms with Crippen LogP contribution in [0.4, 0.5) is 8.78 Å². The quantitative estimate of drug-likeness (QED) is 0.342. The first-order valence-corrected chi connectivity index (χ1v) is 9.20. The zero-order chi connectivity index (χ0) is 15.8. The van der Waals surface area contributed by atoms with Crippen LogP contribution in [0.25, 0.3) is 0 Å². The van der Waals surface area contributed by atoms with E-state index in [0.717, 1.165) is 45.1 Å². The van der Waals surface area contributed by atoms with Crippen molar-refractivity contribution in [1.82, 2.24) is 0 Å². The Morgan fingerprint density at radius 1 is 0.619 bits per heavy atom. The summed E-state index contributed by atoms with van der Waals surface area (Å²) in [5.41, 5.74) is 5.42. The van der Waals surface area contributed by atoms with E-state index in [2.05, 4.69) is 6.92 Å². The zero-order valence-electron chi connectivity index (χ0n) is 14.1. The van der Waals surface area contributed by atoms with E-state index in [1.54, 1.807) is 0 Å². The number of rotatable bonds is 16. The van der Waals surface area contributed by atoms with Gasteiger partial charge in [-0.15, -0.1) is 0 Å². The Labute approximate surface area is 131 Å². The molecule has 0 radical (unpaired) electrons. The van der Waals surface area contributed by atoms with Crippen LogP contribution in [0.1, 0.15) is 96.8 Å². The maximum absolute atomic E-state index is 13.7.